The van der Waals surface area contributed by atoms with Crippen molar-refractivity contribution < 1.29 is 4.79 Å². The molecule has 64 valence electrons. The van der Waals surface area contributed by atoms with Crippen LogP contribution in [0.5, 0.6) is 0 Å². The van der Waals surface area contributed by atoms with Crippen molar-refractivity contribution in [1.29, 1.82) is 0 Å². The van der Waals surface area contributed by atoms with Gasteiger partial charge in [0.05, 0.1) is 11.7 Å². The van der Waals surface area contributed by atoms with Gasteiger partial charge >= 0.3 is 0 Å². The summed E-state index contributed by atoms with van der Waals surface area (Å²) in [5.41, 5.74) is 1.98. The molecule has 1 aromatic heterocycles. The van der Waals surface area contributed by atoms with Crippen LogP contribution in [-0.4, -0.2) is 16.5 Å². The Hall–Kier alpha value is -1.90. The predicted octanol–water partition coefficient (Wildman–Crippen LogP) is 1.77. The minimum Gasteiger partial charge on any atom is -0.299 e. The average molecular weight is 172 g/mol. The zero-order valence-electron chi connectivity index (χ0n) is 6.90. The molecule has 0 unspecified atom stereocenters. The van der Waals surface area contributed by atoms with Crippen LogP contribution < -0.4 is 0 Å². The number of hydrogen-bond donors (Lipinski definition) is 1. The number of carbonyl (C=O) groups is 1. The SMILES string of the molecule is O=CC=Cc1cccc2[nH]ncc12. The summed E-state index contributed by atoms with van der Waals surface area (Å²) in [7, 11) is 0. The molecule has 0 saturated carbocycles. The molecule has 0 aliphatic rings. The van der Waals surface area contributed by atoms with E-state index in [9.17, 15) is 4.79 Å². The highest BCUT2D eigenvalue weighted by molar-refractivity contribution is 5.89. The molecule has 0 radical (unpaired) electrons. The van der Waals surface area contributed by atoms with E-state index in [-0.39, 0.29) is 0 Å². The summed E-state index contributed by atoms with van der Waals surface area (Å²) in [4.78, 5) is 10.1. The number of H-pyrrole nitrogens is 1. The van der Waals surface area contributed by atoms with E-state index in [2.05, 4.69) is 10.2 Å². The molecule has 2 rings (SSSR count). The third-order valence-corrected chi connectivity index (χ3v) is 1.87. The van der Waals surface area contributed by atoms with Gasteiger partial charge in [0, 0.05) is 5.39 Å². The van der Waals surface area contributed by atoms with E-state index in [1.54, 1.807) is 12.3 Å². The van der Waals surface area contributed by atoms with Crippen LogP contribution in [0.15, 0.2) is 30.5 Å². The van der Waals surface area contributed by atoms with Crippen LogP contribution in [0.3, 0.4) is 0 Å². The molecule has 0 aliphatic heterocycles. The fourth-order valence-corrected chi connectivity index (χ4v) is 1.28. The molecule has 0 fully saturated rings. The van der Waals surface area contributed by atoms with Gasteiger partial charge in [-0.1, -0.05) is 18.2 Å². The number of aromatic nitrogens is 2. The second-order valence-corrected chi connectivity index (χ2v) is 2.67. The molecule has 1 N–H and O–H groups in total. The van der Waals surface area contributed by atoms with E-state index in [1.165, 1.54) is 6.08 Å². The number of carbonyl (C=O) groups excluding carboxylic acids is 1. The molecule has 13 heavy (non-hydrogen) atoms. The van der Waals surface area contributed by atoms with Crippen LogP contribution in [0.4, 0.5) is 0 Å². The molecule has 0 spiro atoms. The molecule has 0 aliphatic carbocycles. The van der Waals surface area contributed by atoms with Gasteiger partial charge < -0.3 is 0 Å². The maximum absolute atomic E-state index is 10.1. The van der Waals surface area contributed by atoms with Crippen LogP contribution in [-0.2, 0) is 4.79 Å². The van der Waals surface area contributed by atoms with Crippen molar-refractivity contribution in [3.05, 3.63) is 36.0 Å². The highest BCUT2D eigenvalue weighted by Crippen LogP contribution is 2.16. The minimum atomic E-state index is 0.763. The molecule has 0 atom stereocenters. The van der Waals surface area contributed by atoms with Crippen molar-refractivity contribution in [2.45, 2.75) is 0 Å². The highest BCUT2D eigenvalue weighted by Gasteiger charge is 1.97. The first kappa shape index (κ1) is 7.73. The number of aromatic amines is 1. The molecule has 1 aromatic carbocycles. The number of allylic oxidation sites excluding steroid dienone is 1. The predicted molar refractivity (Wildman–Crippen MR) is 51.2 cm³/mol. The van der Waals surface area contributed by atoms with Crippen molar-refractivity contribution in [1.82, 2.24) is 10.2 Å². The van der Waals surface area contributed by atoms with E-state index >= 15 is 0 Å². The van der Waals surface area contributed by atoms with E-state index in [1.807, 2.05) is 18.2 Å². The van der Waals surface area contributed by atoms with Gasteiger partial charge in [0.25, 0.3) is 0 Å². The topological polar surface area (TPSA) is 45.8 Å². The Morgan fingerprint density at radius 3 is 3.15 bits per heavy atom. The van der Waals surface area contributed by atoms with E-state index in [0.29, 0.717) is 0 Å². The lowest BCUT2D eigenvalue weighted by Gasteiger charge is -1.93. The Morgan fingerprint density at radius 2 is 2.31 bits per heavy atom. The number of rotatable bonds is 2. The van der Waals surface area contributed by atoms with Gasteiger partial charge in [-0.25, -0.2) is 0 Å². The lowest BCUT2D eigenvalue weighted by Crippen LogP contribution is -1.74. The van der Waals surface area contributed by atoms with Crippen molar-refractivity contribution in [3.63, 3.8) is 0 Å². The average Bonchev–Trinajstić information content (AvgIpc) is 2.62. The maximum atomic E-state index is 10.1. The molecule has 3 heteroatoms. The molecular weight excluding hydrogens is 164 g/mol. The summed E-state index contributed by atoms with van der Waals surface area (Å²) < 4.78 is 0. The van der Waals surface area contributed by atoms with Gasteiger partial charge in [-0.15, -0.1) is 0 Å². The lowest BCUT2D eigenvalue weighted by atomic mass is 10.1. The van der Waals surface area contributed by atoms with Gasteiger partial charge in [-0.2, -0.15) is 5.10 Å². The second-order valence-electron chi connectivity index (χ2n) is 2.67. The minimum absolute atomic E-state index is 0.763. The quantitative estimate of drug-likeness (QED) is 0.554. The van der Waals surface area contributed by atoms with Gasteiger partial charge in [0.1, 0.15) is 6.29 Å². The lowest BCUT2D eigenvalue weighted by molar-refractivity contribution is -0.104. The first-order valence-corrected chi connectivity index (χ1v) is 3.96. The summed E-state index contributed by atoms with van der Waals surface area (Å²) in [5.74, 6) is 0. The van der Waals surface area contributed by atoms with Crippen molar-refractivity contribution in [2.24, 2.45) is 0 Å². The standard InChI is InChI=1S/C10H8N2O/c13-6-2-4-8-3-1-5-10-9(8)7-11-12-10/h1-7H,(H,11,12). The molecule has 0 amide bonds. The van der Waals surface area contributed by atoms with Crippen molar-refractivity contribution in [3.8, 4) is 0 Å². The summed E-state index contributed by atoms with van der Waals surface area (Å²) in [6.07, 6.45) is 5.76. The summed E-state index contributed by atoms with van der Waals surface area (Å²) in [6, 6.07) is 5.81. The Morgan fingerprint density at radius 1 is 1.38 bits per heavy atom. The highest BCUT2D eigenvalue weighted by atomic mass is 16.1. The van der Waals surface area contributed by atoms with Crippen LogP contribution in [0.25, 0.3) is 17.0 Å². The molecular formula is C10H8N2O. The number of fused-ring (bicyclic) bond motifs is 1. The molecule has 3 nitrogen and oxygen atoms in total. The van der Waals surface area contributed by atoms with E-state index in [0.717, 1.165) is 22.8 Å². The van der Waals surface area contributed by atoms with E-state index < -0.39 is 0 Å². The number of benzene rings is 1. The zero-order chi connectivity index (χ0) is 9.10. The molecule has 0 saturated heterocycles. The number of aldehydes is 1. The van der Waals surface area contributed by atoms with E-state index in [4.69, 9.17) is 0 Å². The normalized spacial score (nSPS) is 11.1. The Bertz CT molecular complexity index is 457. The smallest absolute Gasteiger partial charge is 0.142 e. The van der Waals surface area contributed by atoms with Crippen LogP contribution in [0.1, 0.15) is 5.56 Å². The van der Waals surface area contributed by atoms with Crippen LogP contribution in [0.2, 0.25) is 0 Å². The fourth-order valence-electron chi connectivity index (χ4n) is 1.28. The van der Waals surface area contributed by atoms with Gasteiger partial charge in [-0.05, 0) is 17.7 Å². The zero-order valence-corrected chi connectivity index (χ0v) is 6.90. The second kappa shape index (κ2) is 3.23. The Balaban J connectivity index is 2.60. The van der Waals surface area contributed by atoms with Crippen LogP contribution >= 0.6 is 0 Å². The maximum Gasteiger partial charge on any atom is 0.142 e. The molecule has 0 bridgehead atoms. The molecule has 2 aromatic rings. The number of nitrogens with one attached hydrogen (secondary N) is 1. The van der Waals surface area contributed by atoms with Gasteiger partial charge in [0.15, 0.2) is 0 Å². The third-order valence-electron chi connectivity index (χ3n) is 1.87. The first-order chi connectivity index (χ1) is 6.42. The van der Waals surface area contributed by atoms with Crippen LogP contribution in [0, 0.1) is 0 Å². The number of nitrogens with zero attached hydrogens (tertiary/aromatic N) is 1. The third kappa shape index (κ3) is 1.36. The summed E-state index contributed by atoms with van der Waals surface area (Å²) >= 11 is 0. The monoisotopic (exact) mass is 172 g/mol. The molecule has 1 heterocycles. The van der Waals surface area contributed by atoms with Crippen molar-refractivity contribution >= 4 is 23.3 Å². The van der Waals surface area contributed by atoms with Gasteiger partial charge in [-0.3, -0.25) is 9.89 Å². The fraction of sp³-hybridized carbons (Fsp3) is 0. The Labute approximate surface area is 75.1 Å². The number of hydrogen-bond acceptors (Lipinski definition) is 2. The first-order valence-electron chi connectivity index (χ1n) is 3.96. The largest absolute Gasteiger partial charge is 0.299 e. The van der Waals surface area contributed by atoms with Crippen molar-refractivity contribution in [2.75, 3.05) is 0 Å². The Kier molecular flexibility index (Phi) is 1.92. The summed E-state index contributed by atoms with van der Waals surface area (Å²) in [6.45, 7) is 0. The summed E-state index contributed by atoms with van der Waals surface area (Å²) in [5, 5.41) is 7.82. The van der Waals surface area contributed by atoms with Gasteiger partial charge in [0.2, 0.25) is 0 Å².